The number of anilines is 1. The van der Waals surface area contributed by atoms with Gasteiger partial charge in [0, 0.05) is 33.9 Å². The molecular formula is C23H22N2O. The van der Waals surface area contributed by atoms with Crippen molar-refractivity contribution in [2.75, 3.05) is 5.32 Å². The molecule has 1 aromatic heterocycles. The monoisotopic (exact) mass is 342 g/mol. The van der Waals surface area contributed by atoms with Gasteiger partial charge < -0.3 is 9.88 Å². The first-order chi connectivity index (χ1) is 12.5. The Morgan fingerprint density at radius 2 is 1.69 bits per heavy atom. The van der Waals surface area contributed by atoms with Crippen LogP contribution in [0.2, 0.25) is 0 Å². The second kappa shape index (κ2) is 6.03. The van der Waals surface area contributed by atoms with Crippen LogP contribution in [0.25, 0.3) is 17.3 Å². The van der Waals surface area contributed by atoms with Gasteiger partial charge in [-0.1, -0.05) is 24.3 Å². The fourth-order valence-electron chi connectivity index (χ4n) is 3.63. The molecule has 0 fully saturated rings. The molecule has 3 aromatic rings. The molecule has 3 heteroatoms. The quantitative estimate of drug-likeness (QED) is 0.638. The normalized spacial score (nSPS) is 14.6. The standard InChI is InChI=1S/C23H22N2O/c1-14-9-10-19(11-15(14)2)25-16(3)12-18(17(25)4)13-21-20-7-5-6-8-22(20)24-23(21)26/h5-13H,1-4H3,(H,24,26). The molecule has 2 heterocycles. The highest BCUT2D eigenvalue weighted by atomic mass is 16.2. The van der Waals surface area contributed by atoms with Crippen molar-refractivity contribution in [3.63, 3.8) is 0 Å². The number of hydrogen-bond donors (Lipinski definition) is 1. The summed E-state index contributed by atoms with van der Waals surface area (Å²) < 4.78 is 2.25. The number of para-hydroxylation sites is 1. The van der Waals surface area contributed by atoms with E-state index in [4.69, 9.17) is 0 Å². The minimum absolute atomic E-state index is 0.0396. The van der Waals surface area contributed by atoms with Crippen molar-refractivity contribution < 1.29 is 4.79 Å². The van der Waals surface area contributed by atoms with Crippen LogP contribution in [-0.4, -0.2) is 10.5 Å². The number of carbonyl (C=O) groups excluding carboxylic acids is 1. The summed E-state index contributed by atoms with van der Waals surface area (Å²) in [5.41, 5.74) is 9.66. The van der Waals surface area contributed by atoms with Gasteiger partial charge in [0.05, 0.1) is 0 Å². The van der Waals surface area contributed by atoms with Gasteiger partial charge in [-0.05, 0) is 74.7 Å². The van der Waals surface area contributed by atoms with E-state index in [-0.39, 0.29) is 5.91 Å². The van der Waals surface area contributed by atoms with E-state index in [1.54, 1.807) is 0 Å². The topological polar surface area (TPSA) is 34.0 Å². The number of amides is 1. The molecule has 130 valence electrons. The molecule has 2 aromatic carbocycles. The van der Waals surface area contributed by atoms with Crippen LogP contribution in [0.5, 0.6) is 0 Å². The van der Waals surface area contributed by atoms with Gasteiger partial charge in [-0.2, -0.15) is 0 Å². The zero-order valence-electron chi connectivity index (χ0n) is 15.6. The van der Waals surface area contributed by atoms with Crippen LogP contribution in [0.15, 0.2) is 48.5 Å². The first-order valence-electron chi connectivity index (χ1n) is 8.85. The van der Waals surface area contributed by atoms with Crippen molar-refractivity contribution in [1.29, 1.82) is 0 Å². The lowest BCUT2D eigenvalue weighted by Crippen LogP contribution is -2.03. The van der Waals surface area contributed by atoms with Gasteiger partial charge in [0.15, 0.2) is 0 Å². The zero-order chi connectivity index (χ0) is 18.4. The predicted molar refractivity (Wildman–Crippen MR) is 108 cm³/mol. The van der Waals surface area contributed by atoms with Gasteiger partial charge >= 0.3 is 0 Å². The molecule has 0 bridgehead atoms. The smallest absolute Gasteiger partial charge is 0.256 e. The van der Waals surface area contributed by atoms with E-state index < -0.39 is 0 Å². The second-order valence-electron chi connectivity index (χ2n) is 6.99. The van der Waals surface area contributed by atoms with Crippen molar-refractivity contribution in [3.8, 4) is 5.69 Å². The summed E-state index contributed by atoms with van der Waals surface area (Å²) >= 11 is 0. The molecule has 1 aliphatic heterocycles. The molecule has 0 saturated carbocycles. The molecule has 0 atom stereocenters. The molecule has 1 N–H and O–H groups in total. The van der Waals surface area contributed by atoms with E-state index in [2.05, 4.69) is 61.8 Å². The number of fused-ring (bicyclic) bond motifs is 1. The van der Waals surface area contributed by atoms with Crippen LogP contribution in [0, 0.1) is 27.7 Å². The van der Waals surface area contributed by atoms with E-state index in [9.17, 15) is 4.79 Å². The average molecular weight is 342 g/mol. The lowest BCUT2D eigenvalue weighted by Gasteiger charge is -2.12. The van der Waals surface area contributed by atoms with Gasteiger partial charge in [-0.25, -0.2) is 0 Å². The first-order valence-corrected chi connectivity index (χ1v) is 8.85. The molecule has 0 radical (unpaired) electrons. The Balaban J connectivity index is 1.83. The lowest BCUT2D eigenvalue weighted by atomic mass is 10.0. The summed E-state index contributed by atoms with van der Waals surface area (Å²) in [4.78, 5) is 12.4. The fraction of sp³-hybridized carbons (Fsp3) is 0.174. The van der Waals surface area contributed by atoms with Gasteiger partial charge in [0.25, 0.3) is 5.91 Å². The largest absolute Gasteiger partial charge is 0.321 e. The number of benzene rings is 2. The van der Waals surface area contributed by atoms with Crippen LogP contribution >= 0.6 is 0 Å². The molecule has 1 amide bonds. The molecule has 0 unspecified atom stereocenters. The molecular weight excluding hydrogens is 320 g/mol. The summed E-state index contributed by atoms with van der Waals surface area (Å²) in [6.45, 7) is 8.47. The number of aryl methyl sites for hydroxylation is 3. The number of rotatable bonds is 2. The highest BCUT2D eigenvalue weighted by molar-refractivity contribution is 6.34. The van der Waals surface area contributed by atoms with Gasteiger partial charge in [-0.3, -0.25) is 4.79 Å². The van der Waals surface area contributed by atoms with E-state index >= 15 is 0 Å². The van der Waals surface area contributed by atoms with E-state index in [1.165, 1.54) is 11.1 Å². The first kappa shape index (κ1) is 16.4. The number of carbonyl (C=O) groups is 1. The Bertz CT molecular complexity index is 1070. The van der Waals surface area contributed by atoms with Crippen molar-refractivity contribution in [1.82, 2.24) is 4.57 Å². The van der Waals surface area contributed by atoms with Crippen molar-refractivity contribution in [2.24, 2.45) is 0 Å². The van der Waals surface area contributed by atoms with Crippen LogP contribution in [0.4, 0.5) is 5.69 Å². The highest BCUT2D eigenvalue weighted by Crippen LogP contribution is 2.34. The summed E-state index contributed by atoms with van der Waals surface area (Å²) in [5, 5.41) is 2.94. The Hall–Kier alpha value is -3.07. The third-order valence-corrected chi connectivity index (χ3v) is 5.23. The zero-order valence-corrected chi connectivity index (χ0v) is 15.6. The van der Waals surface area contributed by atoms with E-state index in [1.807, 2.05) is 30.3 Å². The maximum Gasteiger partial charge on any atom is 0.256 e. The van der Waals surface area contributed by atoms with E-state index in [0.29, 0.717) is 0 Å². The summed E-state index contributed by atoms with van der Waals surface area (Å²) in [5.74, 6) is -0.0396. The molecule has 0 aliphatic carbocycles. The van der Waals surface area contributed by atoms with Gasteiger partial charge in [-0.15, -0.1) is 0 Å². The summed E-state index contributed by atoms with van der Waals surface area (Å²) in [6.07, 6.45) is 2.00. The second-order valence-corrected chi connectivity index (χ2v) is 6.99. The van der Waals surface area contributed by atoms with Gasteiger partial charge in [0.2, 0.25) is 0 Å². The number of nitrogens with zero attached hydrogens (tertiary/aromatic N) is 1. The molecule has 3 nitrogen and oxygen atoms in total. The van der Waals surface area contributed by atoms with Crippen LogP contribution in [-0.2, 0) is 4.79 Å². The molecule has 1 aliphatic rings. The third-order valence-electron chi connectivity index (χ3n) is 5.23. The van der Waals surface area contributed by atoms with Gasteiger partial charge in [0.1, 0.15) is 0 Å². The molecule has 26 heavy (non-hydrogen) atoms. The van der Waals surface area contributed by atoms with Crippen LogP contribution in [0.1, 0.15) is 33.6 Å². The number of nitrogens with one attached hydrogen (secondary N) is 1. The highest BCUT2D eigenvalue weighted by Gasteiger charge is 2.24. The van der Waals surface area contributed by atoms with Crippen LogP contribution < -0.4 is 5.32 Å². The maximum atomic E-state index is 12.4. The summed E-state index contributed by atoms with van der Waals surface area (Å²) in [6, 6.07) is 16.5. The maximum absolute atomic E-state index is 12.4. The fourth-order valence-corrected chi connectivity index (χ4v) is 3.63. The Labute approximate surface area is 154 Å². The van der Waals surface area contributed by atoms with E-state index in [0.717, 1.165) is 39.5 Å². The predicted octanol–water partition coefficient (Wildman–Crippen LogP) is 5.20. The molecule has 4 rings (SSSR count). The molecule has 0 saturated heterocycles. The Kier molecular flexibility index (Phi) is 3.80. The lowest BCUT2D eigenvalue weighted by molar-refractivity contribution is -0.110. The minimum Gasteiger partial charge on any atom is -0.321 e. The third kappa shape index (κ3) is 2.57. The SMILES string of the molecule is Cc1ccc(-n2c(C)cc(C=C3C(=O)Nc4ccccc43)c2C)cc1C. The summed E-state index contributed by atoms with van der Waals surface area (Å²) in [7, 11) is 0. The minimum atomic E-state index is -0.0396. The van der Waals surface area contributed by atoms with Crippen molar-refractivity contribution in [2.45, 2.75) is 27.7 Å². The van der Waals surface area contributed by atoms with Crippen LogP contribution in [0.3, 0.4) is 0 Å². The average Bonchev–Trinajstić information content (AvgIpc) is 3.07. The Morgan fingerprint density at radius 1 is 0.923 bits per heavy atom. The number of aromatic nitrogens is 1. The Morgan fingerprint density at radius 3 is 2.46 bits per heavy atom. The number of hydrogen-bond acceptors (Lipinski definition) is 1. The molecule has 0 spiro atoms. The van der Waals surface area contributed by atoms with Crippen molar-refractivity contribution >= 4 is 23.2 Å². The van der Waals surface area contributed by atoms with Crippen molar-refractivity contribution in [3.05, 3.63) is 82.2 Å².